The highest BCUT2D eigenvalue weighted by Gasteiger charge is 2.23. The van der Waals surface area contributed by atoms with E-state index in [9.17, 15) is 14.0 Å². The molecule has 3 aromatic rings. The third-order valence-corrected chi connectivity index (χ3v) is 4.70. The largest absolute Gasteiger partial charge is 0.465 e. The maximum Gasteiger partial charge on any atom is 0.343 e. The van der Waals surface area contributed by atoms with Crippen LogP contribution in [0.2, 0.25) is 0 Å². The van der Waals surface area contributed by atoms with Gasteiger partial charge in [0.15, 0.2) is 0 Å². The fraction of sp³-hybridized carbons (Fsp3) is 0.176. The number of nitrogens with one attached hydrogen (secondary N) is 1. The van der Waals surface area contributed by atoms with E-state index in [1.54, 1.807) is 30.5 Å². The first kappa shape index (κ1) is 16.2. The smallest absolute Gasteiger partial charge is 0.343 e. The molecule has 0 saturated heterocycles. The average Bonchev–Trinajstić information content (AvgIpc) is 3.03. The number of benzene rings is 1. The highest BCUT2D eigenvalue weighted by Crippen LogP contribution is 2.31. The van der Waals surface area contributed by atoms with Crippen LogP contribution in [-0.2, 0) is 11.8 Å². The monoisotopic (exact) mass is 346 g/mol. The summed E-state index contributed by atoms with van der Waals surface area (Å²) in [7, 11) is 2.80. The van der Waals surface area contributed by atoms with Gasteiger partial charge in [0, 0.05) is 7.05 Å². The maximum absolute atomic E-state index is 14.2. The van der Waals surface area contributed by atoms with Gasteiger partial charge in [-0.15, -0.1) is 11.3 Å². The van der Waals surface area contributed by atoms with Gasteiger partial charge in [0.2, 0.25) is 0 Å². The Kier molecular flexibility index (Phi) is 4.11. The summed E-state index contributed by atoms with van der Waals surface area (Å²) in [5.41, 5.74) is 0.893. The molecule has 0 aliphatic heterocycles. The third-order valence-electron chi connectivity index (χ3n) is 3.77. The number of methoxy groups -OCH3 is 1. The number of anilines is 2. The molecule has 0 fully saturated rings. The number of ether oxygens (including phenoxy) is 1. The Morgan fingerprint density at radius 2 is 2.08 bits per heavy atom. The Morgan fingerprint density at radius 3 is 2.75 bits per heavy atom. The highest BCUT2D eigenvalue weighted by atomic mass is 32.1. The van der Waals surface area contributed by atoms with Gasteiger partial charge >= 0.3 is 5.97 Å². The molecule has 0 unspecified atom stereocenters. The summed E-state index contributed by atoms with van der Waals surface area (Å²) < 4.78 is 20.8. The van der Waals surface area contributed by atoms with E-state index in [1.165, 1.54) is 36.1 Å². The van der Waals surface area contributed by atoms with Crippen LogP contribution < -0.4 is 10.9 Å². The van der Waals surface area contributed by atoms with Crippen LogP contribution in [0.3, 0.4) is 0 Å². The molecule has 2 heterocycles. The van der Waals surface area contributed by atoms with Crippen LogP contribution >= 0.6 is 11.3 Å². The van der Waals surface area contributed by atoms with E-state index in [4.69, 9.17) is 4.74 Å². The number of hydrogen-bond acceptors (Lipinski definition) is 5. The van der Waals surface area contributed by atoms with Gasteiger partial charge in [-0.2, -0.15) is 0 Å². The minimum Gasteiger partial charge on any atom is -0.465 e. The molecule has 0 aliphatic carbocycles. The fourth-order valence-electron chi connectivity index (χ4n) is 2.52. The van der Waals surface area contributed by atoms with E-state index in [1.807, 2.05) is 0 Å². The average molecular weight is 346 g/mol. The number of carbonyl (C=O) groups excluding carboxylic acids is 1. The van der Waals surface area contributed by atoms with Gasteiger partial charge in [-0.05, 0) is 36.1 Å². The molecule has 0 saturated carbocycles. The maximum atomic E-state index is 14.2. The normalized spacial score (nSPS) is 10.8. The molecular weight excluding hydrogens is 331 g/mol. The van der Waals surface area contributed by atoms with E-state index in [0.717, 1.165) is 5.56 Å². The summed E-state index contributed by atoms with van der Waals surface area (Å²) in [4.78, 5) is 24.8. The van der Waals surface area contributed by atoms with Crippen molar-refractivity contribution < 1.29 is 13.9 Å². The number of carbonyl (C=O) groups is 1. The molecule has 0 aliphatic rings. The lowest BCUT2D eigenvalue weighted by atomic mass is 10.1. The molecule has 0 atom stereocenters. The van der Waals surface area contributed by atoms with Crippen LogP contribution in [0.25, 0.3) is 10.1 Å². The number of fused-ring (bicyclic) bond motifs is 1. The quantitative estimate of drug-likeness (QED) is 0.737. The summed E-state index contributed by atoms with van der Waals surface area (Å²) in [6.07, 6.45) is 0. The molecule has 7 heteroatoms. The van der Waals surface area contributed by atoms with Crippen molar-refractivity contribution in [2.75, 3.05) is 12.4 Å². The molecule has 0 spiro atoms. The van der Waals surface area contributed by atoms with Gasteiger partial charge in [0.05, 0.1) is 22.9 Å². The zero-order valence-corrected chi connectivity index (χ0v) is 14.2. The first-order valence-corrected chi connectivity index (χ1v) is 8.03. The lowest BCUT2D eigenvalue weighted by Crippen LogP contribution is -2.23. The van der Waals surface area contributed by atoms with Crippen LogP contribution in [0.5, 0.6) is 0 Å². The van der Waals surface area contributed by atoms with Gasteiger partial charge in [0.25, 0.3) is 5.56 Å². The summed E-state index contributed by atoms with van der Waals surface area (Å²) >= 11 is 1.26. The van der Waals surface area contributed by atoms with Gasteiger partial charge in [-0.25, -0.2) is 9.18 Å². The van der Waals surface area contributed by atoms with Crippen molar-refractivity contribution in [3.8, 4) is 0 Å². The fourth-order valence-corrected chi connectivity index (χ4v) is 3.44. The predicted molar refractivity (Wildman–Crippen MR) is 92.8 cm³/mol. The second-order valence-electron chi connectivity index (χ2n) is 5.35. The molecule has 24 heavy (non-hydrogen) atoms. The molecular formula is C17H15FN2O3S. The molecule has 0 bridgehead atoms. The molecule has 0 radical (unpaired) electrons. The van der Waals surface area contributed by atoms with Crippen molar-refractivity contribution in [3.05, 3.63) is 56.9 Å². The van der Waals surface area contributed by atoms with E-state index < -0.39 is 11.8 Å². The Balaban J connectivity index is 2.27. The summed E-state index contributed by atoms with van der Waals surface area (Å²) in [6, 6.07) is 6.34. The number of esters is 1. The molecule has 3 rings (SSSR count). The Bertz CT molecular complexity index is 1010. The number of rotatable bonds is 3. The Hall–Kier alpha value is -2.67. The van der Waals surface area contributed by atoms with E-state index in [-0.39, 0.29) is 22.6 Å². The zero-order valence-electron chi connectivity index (χ0n) is 13.3. The van der Waals surface area contributed by atoms with Gasteiger partial charge in [-0.1, -0.05) is 6.07 Å². The minimum atomic E-state index is -0.590. The van der Waals surface area contributed by atoms with Gasteiger partial charge < -0.3 is 10.1 Å². The standard InChI is InChI=1S/C17H15FN2O3S/c1-9-4-5-12(11(18)8-9)19-15-13(17(22)23-3)14-10(6-7-24-14)16(21)20(15)2/h4-8,19H,1-3H3. The lowest BCUT2D eigenvalue weighted by molar-refractivity contribution is 0.0603. The zero-order chi connectivity index (χ0) is 17.4. The second-order valence-corrected chi connectivity index (χ2v) is 6.27. The molecule has 1 N–H and O–H groups in total. The number of nitrogens with zero attached hydrogens (tertiary/aromatic N) is 1. The van der Waals surface area contributed by atoms with E-state index >= 15 is 0 Å². The van der Waals surface area contributed by atoms with E-state index in [2.05, 4.69) is 5.32 Å². The number of hydrogen-bond donors (Lipinski definition) is 1. The number of thiophene rings is 1. The number of aromatic nitrogens is 1. The van der Waals surface area contributed by atoms with Crippen molar-refractivity contribution in [1.29, 1.82) is 0 Å². The topological polar surface area (TPSA) is 60.3 Å². The van der Waals surface area contributed by atoms with Crippen LogP contribution in [0, 0.1) is 12.7 Å². The molecule has 5 nitrogen and oxygen atoms in total. The van der Waals surface area contributed by atoms with E-state index in [0.29, 0.717) is 10.1 Å². The minimum absolute atomic E-state index is 0.177. The number of pyridine rings is 1. The molecule has 2 aromatic heterocycles. The van der Waals surface area contributed by atoms with Gasteiger partial charge in [0.1, 0.15) is 17.2 Å². The van der Waals surface area contributed by atoms with Crippen molar-refractivity contribution in [1.82, 2.24) is 4.57 Å². The summed E-state index contributed by atoms with van der Waals surface area (Å²) in [5, 5.41) is 5.03. The van der Waals surface area contributed by atoms with Crippen LogP contribution in [-0.4, -0.2) is 17.6 Å². The van der Waals surface area contributed by atoms with Crippen molar-refractivity contribution >= 4 is 38.9 Å². The van der Waals surface area contributed by atoms with Gasteiger partial charge in [-0.3, -0.25) is 9.36 Å². The predicted octanol–water partition coefficient (Wildman–Crippen LogP) is 3.58. The van der Waals surface area contributed by atoms with Crippen LogP contribution in [0.4, 0.5) is 15.9 Å². The number of halogens is 1. The second kappa shape index (κ2) is 6.09. The first-order valence-electron chi connectivity index (χ1n) is 7.15. The Labute approximate surface area is 141 Å². The molecule has 1 aromatic carbocycles. The lowest BCUT2D eigenvalue weighted by Gasteiger charge is -2.16. The SMILES string of the molecule is COC(=O)c1c(Nc2ccc(C)cc2F)n(C)c(=O)c2ccsc12. The first-order chi connectivity index (χ1) is 11.4. The van der Waals surface area contributed by atoms with Crippen molar-refractivity contribution in [2.45, 2.75) is 6.92 Å². The summed E-state index contributed by atoms with van der Waals surface area (Å²) in [6.45, 7) is 1.78. The summed E-state index contributed by atoms with van der Waals surface area (Å²) in [5.74, 6) is -0.859. The van der Waals surface area contributed by atoms with Crippen LogP contribution in [0.1, 0.15) is 15.9 Å². The molecule has 0 amide bonds. The molecule has 124 valence electrons. The van der Waals surface area contributed by atoms with Crippen molar-refractivity contribution in [2.24, 2.45) is 7.05 Å². The third kappa shape index (κ3) is 2.56. The highest BCUT2D eigenvalue weighted by molar-refractivity contribution is 7.17. The van der Waals surface area contributed by atoms with Crippen LogP contribution in [0.15, 0.2) is 34.4 Å². The Morgan fingerprint density at radius 1 is 1.33 bits per heavy atom. The number of aryl methyl sites for hydroxylation is 1. The van der Waals surface area contributed by atoms with Crippen molar-refractivity contribution in [3.63, 3.8) is 0 Å².